The lowest BCUT2D eigenvalue weighted by molar-refractivity contribution is -0.159. The topological polar surface area (TPSA) is 53.4 Å². The molecule has 0 aliphatic rings. The number of ether oxygens (including phenoxy) is 2. The van der Waals surface area contributed by atoms with Crippen molar-refractivity contribution in [2.24, 2.45) is 5.41 Å². The molecule has 0 atom stereocenters. The van der Waals surface area contributed by atoms with Gasteiger partial charge in [0.05, 0.1) is 16.8 Å². The molecule has 0 unspecified atom stereocenters. The predicted octanol–water partition coefficient (Wildman–Crippen LogP) is 3.11. The lowest BCUT2D eigenvalue weighted by atomic mass is 9.98. The molecule has 0 fully saturated rings. The Hall–Kier alpha value is -2.30. The summed E-state index contributed by atoms with van der Waals surface area (Å²) in [6.07, 6.45) is 0. The van der Waals surface area contributed by atoms with E-state index in [1.54, 1.807) is 31.5 Å². The number of hydrogen-bond acceptors (Lipinski definition) is 4. The zero-order valence-corrected chi connectivity index (χ0v) is 12.8. The van der Waals surface area contributed by atoms with Crippen molar-refractivity contribution in [3.63, 3.8) is 0 Å². The molecule has 0 spiro atoms. The third-order valence-corrected chi connectivity index (χ3v) is 2.81. The third kappa shape index (κ3) is 3.84. The Balaban J connectivity index is 2.06. The molecule has 0 radical (unpaired) electrons. The molecule has 2 aromatic rings. The number of carbonyl (C=O) groups excluding carboxylic acids is 1. The molecule has 0 saturated carbocycles. The van der Waals surface area contributed by atoms with E-state index in [-0.39, 0.29) is 12.8 Å². The number of aromatic nitrogens is 2. The highest BCUT2D eigenvalue weighted by atomic mass is 16.7. The maximum absolute atomic E-state index is 11.7. The molecule has 0 saturated heterocycles. The molecular formula is C16H20N2O3. The number of nitrogens with zero attached hydrogens (tertiary/aromatic N) is 2. The number of aryl methyl sites for hydroxylation is 1. The van der Waals surface area contributed by atoms with Crippen LogP contribution in [0, 0.1) is 12.3 Å². The second kappa shape index (κ2) is 5.99. The summed E-state index contributed by atoms with van der Waals surface area (Å²) in [4.78, 5) is 11.7. The molecule has 0 N–H and O–H groups in total. The molecule has 0 bridgehead atoms. The minimum absolute atomic E-state index is 0.131. The van der Waals surface area contributed by atoms with Crippen LogP contribution >= 0.6 is 0 Å². The maximum atomic E-state index is 11.7. The normalized spacial score (nSPS) is 11.2. The van der Waals surface area contributed by atoms with E-state index >= 15 is 0 Å². The SMILES string of the molecule is Cc1cc(OCOC(=O)C(C)(C)C)n(-c2ccccc2)n1. The van der Waals surface area contributed by atoms with E-state index in [0.29, 0.717) is 5.88 Å². The highest BCUT2D eigenvalue weighted by Crippen LogP contribution is 2.20. The van der Waals surface area contributed by atoms with Gasteiger partial charge in [0.15, 0.2) is 0 Å². The number of benzene rings is 1. The lowest BCUT2D eigenvalue weighted by Crippen LogP contribution is -2.24. The van der Waals surface area contributed by atoms with E-state index < -0.39 is 5.41 Å². The van der Waals surface area contributed by atoms with Crippen LogP contribution in [0.2, 0.25) is 0 Å². The Kier molecular flexibility index (Phi) is 4.31. The highest BCUT2D eigenvalue weighted by molar-refractivity contribution is 5.75. The van der Waals surface area contributed by atoms with Crippen LogP contribution in [0.3, 0.4) is 0 Å². The van der Waals surface area contributed by atoms with Gasteiger partial charge in [0.1, 0.15) is 0 Å². The van der Waals surface area contributed by atoms with E-state index in [0.717, 1.165) is 11.4 Å². The predicted molar refractivity (Wildman–Crippen MR) is 79.3 cm³/mol. The van der Waals surface area contributed by atoms with Crippen molar-refractivity contribution in [1.82, 2.24) is 9.78 Å². The minimum atomic E-state index is -0.543. The monoisotopic (exact) mass is 288 g/mol. The molecule has 0 amide bonds. The van der Waals surface area contributed by atoms with Gasteiger partial charge in [-0.25, -0.2) is 4.68 Å². The summed E-state index contributed by atoms with van der Waals surface area (Å²) >= 11 is 0. The highest BCUT2D eigenvalue weighted by Gasteiger charge is 2.23. The van der Waals surface area contributed by atoms with Crippen LogP contribution in [0.25, 0.3) is 5.69 Å². The van der Waals surface area contributed by atoms with Crippen molar-refractivity contribution in [3.05, 3.63) is 42.1 Å². The first kappa shape index (κ1) is 15.1. The Labute approximate surface area is 124 Å². The summed E-state index contributed by atoms with van der Waals surface area (Å²) in [5.74, 6) is 0.241. The first-order valence-corrected chi connectivity index (χ1v) is 6.80. The van der Waals surface area contributed by atoms with E-state index in [1.165, 1.54) is 0 Å². The lowest BCUT2D eigenvalue weighted by Gasteiger charge is -2.16. The molecule has 1 aromatic carbocycles. The van der Waals surface area contributed by atoms with Gasteiger partial charge in [0, 0.05) is 6.07 Å². The fourth-order valence-corrected chi connectivity index (χ4v) is 1.69. The Morgan fingerprint density at radius 1 is 1.24 bits per heavy atom. The van der Waals surface area contributed by atoms with Gasteiger partial charge < -0.3 is 9.47 Å². The molecule has 0 aliphatic carbocycles. The molecule has 5 nitrogen and oxygen atoms in total. The molecule has 0 aliphatic heterocycles. The van der Waals surface area contributed by atoms with Gasteiger partial charge in [0.25, 0.3) is 0 Å². The minimum Gasteiger partial charge on any atom is -0.440 e. The second-order valence-corrected chi connectivity index (χ2v) is 5.82. The third-order valence-electron chi connectivity index (χ3n) is 2.81. The van der Waals surface area contributed by atoms with Crippen molar-refractivity contribution < 1.29 is 14.3 Å². The first-order valence-electron chi connectivity index (χ1n) is 6.80. The quantitative estimate of drug-likeness (QED) is 0.641. The smallest absolute Gasteiger partial charge is 0.314 e. The molecule has 112 valence electrons. The standard InChI is InChI=1S/C16H20N2O3/c1-12-10-14(20-11-21-15(19)16(2,3)4)18(17-12)13-8-6-5-7-9-13/h5-10H,11H2,1-4H3. The van der Waals surface area contributed by atoms with Gasteiger partial charge in [0.2, 0.25) is 12.7 Å². The summed E-state index contributed by atoms with van der Waals surface area (Å²) < 4.78 is 12.3. The van der Waals surface area contributed by atoms with E-state index in [1.807, 2.05) is 37.3 Å². The van der Waals surface area contributed by atoms with Crippen LogP contribution in [0.5, 0.6) is 5.88 Å². The molecule has 1 aromatic heterocycles. The second-order valence-electron chi connectivity index (χ2n) is 5.82. The average Bonchev–Trinajstić information content (AvgIpc) is 2.80. The zero-order valence-electron chi connectivity index (χ0n) is 12.8. The van der Waals surface area contributed by atoms with Crippen LogP contribution in [0.4, 0.5) is 0 Å². The van der Waals surface area contributed by atoms with Gasteiger partial charge in [-0.2, -0.15) is 5.10 Å². The summed E-state index contributed by atoms with van der Waals surface area (Å²) in [6.45, 7) is 7.15. The fraction of sp³-hybridized carbons (Fsp3) is 0.375. The fourth-order valence-electron chi connectivity index (χ4n) is 1.69. The Bertz CT molecular complexity index is 612. The largest absolute Gasteiger partial charge is 0.440 e. The summed E-state index contributed by atoms with van der Waals surface area (Å²) in [5.41, 5.74) is 1.18. The van der Waals surface area contributed by atoms with Crippen LogP contribution in [-0.2, 0) is 9.53 Å². The van der Waals surface area contributed by atoms with Gasteiger partial charge >= 0.3 is 5.97 Å². The van der Waals surface area contributed by atoms with Crippen molar-refractivity contribution in [1.29, 1.82) is 0 Å². The van der Waals surface area contributed by atoms with E-state index in [4.69, 9.17) is 9.47 Å². The number of hydrogen-bond donors (Lipinski definition) is 0. The maximum Gasteiger partial charge on any atom is 0.314 e. The van der Waals surface area contributed by atoms with Gasteiger partial charge in [-0.05, 0) is 39.8 Å². The summed E-state index contributed by atoms with van der Waals surface area (Å²) in [6, 6.07) is 11.5. The van der Waals surface area contributed by atoms with Crippen molar-refractivity contribution in [2.75, 3.05) is 6.79 Å². The Morgan fingerprint density at radius 3 is 2.52 bits per heavy atom. The van der Waals surface area contributed by atoms with Crippen LogP contribution in [-0.4, -0.2) is 22.5 Å². The van der Waals surface area contributed by atoms with Crippen molar-refractivity contribution >= 4 is 5.97 Å². The molecule has 1 heterocycles. The number of rotatable bonds is 4. The summed E-state index contributed by atoms with van der Waals surface area (Å²) in [5, 5.41) is 4.38. The Morgan fingerprint density at radius 2 is 1.90 bits per heavy atom. The molecule has 2 rings (SSSR count). The zero-order chi connectivity index (χ0) is 15.5. The van der Waals surface area contributed by atoms with E-state index in [9.17, 15) is 4.79 Å². The summed E-state index contributed by atoms with van der Waals surface area (Å²) in [7, 11) is 0. The van der Waals surface area contributed by atoms with E-state index in [2.05, 4.69) is 5.10 Å². The molecule has 21 heavy (non-hydrogen) atoms. The molecule has 5 heteroatoms. The molecular weight excluding hydrogens is 268 g/mol. The number of esters is 1. The van der Waals surface area contributed by atoms with Gasteiger partial charge in [-0.3, -0.25) is 4.79 Å². The average molecular weight is 288 g/mol. The van der Waals surface area contributed by atoms with Crippen molar-refractivity contribution in [3.8, 4) is 11.6 Å². The number of para-hydroxylation sites is 1. The van der Waals surface area contributed by atoms with Crippen LogP contribution < -0.4 is 4.74 Å². The van der Waals surface area contributed by atoms with Gasteiger partial charge in [-0.15, -0.1) is 0 Å². The number of carbonyl (C=O) groups is 1. The first-order chi connectivity index (χ1) is 9.88. The van der Waals surface area contributed by atoms with Crippen LogP contribution in [0.1, 0.15) is 26.5 Å². The van der Waals surface area contributed by atoms with Gasteiger partial charge in [-0.1, -0.05) is 18.2 Å². The van der Waals surface area contributed by atoms with Crippen LogP contribution in [0.15, 0.2) is 36.4 Å². The van der Waals surface area contributed by atoms with Crippen molar-refractivity contribution in [2.45, 2.75) is 27.7 Å².